The molecule has 1 heterocycles. The van der Waals surface area contributed by atoms with Gasteiger partial charge in [-0.15, -0.1) is 0 Å². The Hall–Kier alpha value is -2.80. The number of hydrogen-bond acceptors (Lipinski definition) is 3. The van der Waals surface area contributed by atoms with Crippen molar-refractivity contribution in [3.05, 3.63) is 59.2 Å². The number of carbonyl (C=O) groups excluding carboxylic acids is 1. The Kier molecular flexibility index (Phi) is 4.52. The van der Waals surface area contributed by atoms with Crippen LogP contribution in [-0.2, 0) is 11.2 Å². The first kappa shape index (κ1) is 16.1. The van der Waals surface area contributed by atoms with Gasteiger partial charge in [-0.25, -0.2) is 0 Å². The zero-order valence-electron chi connectivity index (χ0n) is 14.0. The molecule has 1 aliphatic rings. The Morgan fingerprint density at radius 3 is 2.92 bits per heavy atom. The lowest BCUT2D eigenvalue weighted by molar-refractivity contribution is -0.117. The van der Waals surface area contributed by atoms with Crippen molar-refractivity contribution in [2.45, 2.75) is 32.7 Å². The topological polar surface area (TPSA) is 56.1 Å². The molecule has 1 amide bonds. The lowest BCUT2D eigenvalue weighted by Crippen LogP contribution is -2.44. The van der Waals surface area contributed by atoms with Crippen LogP contribution < -0.4 is 10.2 Å². The summed E-state index contributed by atoms with van der Waals surface area (Å²) in [7, 11) is 0. The zero-order valence-corrected chi connectivity index (χ0v) is 14.0. The monoisotopic (exact) mass is 319 g/mol. The normalized spacial score (nSPS) is 14.5. The second-order valence-corrected chi connectivity index (χ2v) is 6.29. The van der Waals surface area contributed by atoms with Gasteiger partial charge in [-0.2, -0.15) is 5.26 Å². The third kappa shape index (κ3) is 3.26. The Balaban J connectivity index is 1.78. The fourth-order valence-corrected chi connectivity index (χ4v) is 3.21. The van der Waals surface area contributed by atoms with Gasteiger partial charge in [0.05, 0.1) is 11.6 Å². The van der Waals surface area contributed by atoms with E-state index in [1.165, 1.54) is 11.1 Å². The predicted molar refractivity (Wildman–Crippen MR) is 96.1 cm³/mol. The highest BCUT2D eigenvalue weighted by Crippen LogP contribution is 2.29. The summed E-state index contributed by atoms with van der Waals surface area (Å²) in [5.41, 5.74) is 4.92. The molecular weight excluding hydrogens is 298 g/mol. The number of nitriles is 1. The molecule has 0 radical (unpaired) electrons. The first-order valence-electron chi connectivity index (χ1n) is 8.25. The molecule has 0 saturated carbocycles. The van der Waals surface area contributed by atoms with Crippen LogP contribution in [0.5, 0.6) is 0 Å². The van der Waals surface area contributed by atoms with Gasteiger partial charge < -0.3 is 10.2 Å². The van der Waals surface area contributed by atoms with Crippen LogP contribution >= 0.6 is 0 Å². The minimum absolute atomic E-state index is 0.0569. The Morgan fingerprint density at radius 2 is 2.12 bits per heavy atom. The fraction of sp³-hybridized carbons (Fsp3) is 0.300. The van der Waals surface area contributed by atoms with Crippen LogP contribution in [0.1, 0.15) is 30.0 Å². The molecule has 2 aromatic carbocycles. The molecule has 0 aromatic heterocycles. The third-order valence-electron chi connectivity index (χ3n) is 4.50. The standard InChI is InChI=1S/C20H21N3O/c1-14-8-9-19-17(11-14)6-4-10-23(19)15(2)20(24)22-18-7-3-5-16(12-18)13-21/h3,5,7-9,11-12,15H,4,6,10H2,1-2H3,(H,22,24)/t15-/m0/s1. The molecule has 1 atom stereocenters. The number of carbonyl (C=O) groups is 1. The number of fused-ring (bicyclic) bond motifs is 1. The fourth-order valence-electron chi connectivity index (χ4n) is 3.21. The molecule has 2 aromatic rings. The van der Waals surface area contributed by atoms with Crippen LogP contribution in [0.15, 0.2) is 42.5 Å². The lowest BCUT2D eigenvalue weighted by Gasteiger charge is -2.35. The SMILES string of the molecule is Cc1ccc2c(c1)CCCN2[C@@H](C)C(=O)Nc1cccc(C#N)c1. The maximum Gasteiger partial charge on any atom is 0.246 e. The number of nitrogens with zero attached hydrogens (tertiary/aromatic N) is 2. The van der Waals surface area contributed by atoms with E-state index in [9.17, 15) is 4.79 Å². The maximum atomic E-state index is 12.7. The molecular formula is C20H21N3O. The minimum Gasteiger partial charge on any atom is -0.360 e. The molecule has 0 spiro atoms. The van der Waals surface area contributed by atoms with Crippen LogP contribution in [0.3, 0.4) is 0 Å². The third-order valence-corrected chi connectivity index (χ3v) is 4.50. The summed E-state index contributed by atoms with van der Waals surface area (Å²) in [5.74, 6) is -0.0569. The van der Waals surface area contributed by atoms with Crippen molar-refractivity contribution in [2.75, 3.05) is 16.8 Å². The van der Waals surface area contributed by atoms with E-state index in [4.69, 9.17) is 5.26 Å². The van der Waals surface area contributed by atoms with E-state index >= 15 is 0 Å². The van der Waals surface area contributed by atoms with Gasteiger partial charge in [-0.1, -0.05) is 23.8 Å². The van der Waals surface area contributed by atoms with Crippen LogP contribution in [0, 0.1) is 18.3 Å². The predicted octanol–water partition coefficient (Wildman–Crippen LogP) is 3.65. The molecule has 0 fully saturated rings. The summed E-state index contributed by atoms with van der Waals surface area (Å²) in [5, 5.41) is 11.9. The highest BCUT2D eigenvalue weighted by atomic mass is 16.2. The Morgan fingerprint density at radius 1 is 1.29 bits per heavy atom. The smallest absolute Gasteiger partial charge is 0.246 e. The number of amides is 1. The Labute approximate surface area is 142 Å². The summed E-state index contributed by atoms with van der Waals surface area (Å²) < 4.78 is 0. The van der Waals surface area contributed by atoms with Crippen molar-refractivity contribution < 1.29 is 4.79 Å². The van der Waals surface area contributed by atoms with Crippen molar-refractivity contribution in [2.24, 2.45) is 0 Å². The van der Waals surface area contributed by atoms with E-state index in [0.29, 0.717) is 11.3 Å². The average Bonchev–Trinajstić information content (AvgIpc) is 2.60. The van der Waals surface area contributed by atoms with Gasteiger partial charge in [0, 0.05) is 17.9 Å². The van der Waals surface area contributed by atoms with Gasteiger partial charge in [0.25, 0.3) is 0 Å². The molecule has 0 aliphatic carbocycles. The van der Waals surface area contributed by atoms with Gasteiger partial charge in [0.2, 0.25) is 5.91 Å². The number of aryl methyl sites for hydroxylation is 2. The second-order valence-electron chi connectivity index (χ2n) is 6.29. The molecule has 0 saturated heterocycles. The van der Waals surface area contributed by atoms with Crippen molar-refractivity contribution >= 4 is 17.3 Å². The van der Waals surface area contributed by atoms with Crippen LogP contribution in [0.2, 0.25) is 0 Å². The quantitative estimate of drug-likeness (QED) is 0.939. The Bertz CT molecular complexity index is 807. The second kappa shape index (κ2) is 6.76. The highest BCUT2D eigenvalue weighted by Gasteiger charge is 2.26. The molecule has 4 heteroatoms. The lowest BCUT2D eigenvalue weighted by atomic mass is 9.98. The van der Waals surface area contributed by atoms with Gasteiger partial charge in [-0.05, 0) is 56.5 Å². The van der Waals surface area contributed by atoms with E-state index in [0.717, 1.165) is 25.1 Å². The summed E-state index contributed by atoms with van der Waals surface area (Å²) in [4.78, 5) is 14.8. The molecule has 0 bridgehead atoms. The van der Waals surface area contributed by atoms with Gasteiger partial charge in [0.15, 0.2) is 0 Å². The van der Waals surface area contributed by atoms with Gasteiger partial charge in [-0.3, -0.25) is 4.79 Å². The molecule has 0 unspecified atom stereocenters. The summed E-state index contributed by atoms with van der Waals surface area (Å²) in [6, 6.07) is 15.2. The number of anilines is 2. The summed E-state index contributed by atoms with van der Waals surface area (Å²) in [6.45, 7) is 4.90. The molecule has 3 rings (SSSR count). The van der Waals surface area contributed by atoms with Crippen molar-refractivity contribution in [1.82, 2.24) is 0 Å². The van der Waals surface area contributed by atoms with E-state index < -0.39 is 0 Å². The molecule has 1 aliphatic heterocycles. The first-order chi connectivity index (χ1) is 11.6. The van der Waals surface area contributed by atoms with Crippen molar-refractivity contribution in [1.29, 1.82) is 5.26 Å². The number of rotatable bonds is 3. The van der Waals surface area contributed by atoms with Crippen LogP contribution in [-0.4, -0.2) is 18.5 Å². The average molecular weight is 319 g/mol. The summed E-state index contributed by atoms with van der Waals surface area (Å²) in [6.07, 6.45) is 2.12. The number of nitrogens with one attached hydrogen (secondary N) is 1. The van der Waals surface area contributed by atoms with Crippen LogP contribution in [0.4, 0.5) is 11.4 Å². The van der Waals surface area contributed by atoms with E-state index in [2.05, 4.69) is 41.4 Å². The van der Waals surface area contributed by atoms with E-state index in [-0.39, 0.29) is 11.9 Å². The first-order valence-corrected chi connectivity index (χ1v) is 8.25. The van der Waals surface area contributed by atoms with Gasteiger partial charge in [0.1, 0.15) is 6.04 Å². The largest absolute Gasteiger partial charge is 0.360 e. The summed E-state index contributed by atoms with van der Waals surface area (Å²) >= 11 is 0. The molecule has 24 heavy (non-hydrogen) atoms. The maximum absolute atomic E-state index is 12.7. The highest BCUT2D eigenvalue weighted by molar-refractivity contribution is 5.97. The molecule has 122 valence electrons. The number of hydrogen-bond donors (Lipinski definition) is 1. The van der Waals surface area contributed by atoms with Crippen LogP contribution in [0.25, 0.3) is 0 Å². The van der Waals surface area contributed by atoms with E-state index in [1.54, 1.807) is 24.3 Å². The van der Waals surface area contributed by atoms with Crippen molar-refractivity contribution in [3.63, 3.8) is 0 Å². The minimum atomic E-state index is -0.266. The van der Waals surface area contributed by atoms with Gasteiger partial charge >= 0.3 is 0 Å². The molecule has 1 N–H and O–H groups in total. The number of benzene rings is 2. The van der Waals surface area contributed by atoms with E-state index in [1.807, 2.05) is 6.92 Å². The zero-order chi connectivity index (χ0) is 17.1. The van der Waals surface area contributed by atoms with Crippen molar-refractivity contribution in [3.8, 4) is 6.07 Å². The molecule has 4 nitrogen and oxygen atoms in total.